The number of imidazole rings is 1. The second-order valence-electron chi connectivity index (χ2n) is 5.99. The molecular weight excluding hydrogens is 326 g/mol. The number of carbonyl (C=O) groups excluding carboxylic acids is 1. The van der Waals surface area contributed by atoms with Gasteiger partial charge in [0.05, 0.1) is 13.2 Å². The highest BCUT2D eigenvalue weighted by atomic mass is 35.5. The van der Waals surface area contributed by atoms with Crippen molar-refractivity contribution in [3.05, 3.63) is 53.1 Å². The minimum absolute atomic E-state index is 0.146. The summed E-state index contributed by atoms with van der Waals surface area (Å²) in [6, 6.07) is 7.66. The van der Waals surface area contributed by atoms with Gasteiger partial charge in [0.15, 0.2) is 0 Å². The maximum atomic E-state index is 12.5. The lowest BCUT2D eigenvalue weighted by atomic mass is 10.1. The lowest BCUT2D eigenvalue weighted by Crippen LogP contribution is -2.42. The highest BCUT2D eigenvalue weighted by molar-refractivity contribution is 6.31. The van der Waals surface area contributed by atoms with E-state index in [4.69, 9.17) is 16.3 Å². The highest BCUT2D eigenvalue weighted by Crippen LogP contribution is 2.28. The van der Waals surface area contributed by atoms with Gasteiger partial charge in [-0.3, -0.25) is 4.79 Å². The first kappa shape index (κ1) is 17.0. The first-order valence-electron chi connectivity index (χ1n) is 8.26. The molecule has 1 fully saturated rings. The van der Waals surface area contributed by atoms with Gasteiger partial charge in [0, 0.05) is 42.5 Å². The largest absolute Gasteiger partial charge is 0.370 e. The van der Waals surface area contributed by atoms with E-state index in [0.29, 0.717) is 31.1 Å². The maximum Gasteiger partial charge on any atom is 0.222 e. The van der Waals surface area contributed by atoms with Gasteiger partial charge < -0.3 is 14.2 Å². The number of aryl methyl sites for hydroxylation is 2. The molecule has 1 aliphatic heterocycles. The first-order valence-corrected chi connectivity index (χ1v) is 8.64. The average molecular weight is 348 g/mol. The minimum Gasteiger partial charge on any atom is -0.370 e. The molecule has 1 saturated heterocycles. The summed E-state index contributed by atoms with van der Waals surface area (Å²) < 4.78 is 7.88. The molecule has 1 unspecified atom stereocenters. The smallest absolute Gasteiger partial charge is 0.222 e. The van der Waals surface area contributed by atoms with Gasteiger partial charge in [-0.25, -0.2) is 4.98 Å². The predicted octanol–water partition coefficient (Wildman–Crippen LogP) is 3.23. The second kappa shape index (κ2) is 7.81. The zero-order valence-corrected chi connectivity index (χ0v) is 14.6. The van der Waals surface area contributed by atoms with Crippen molar-refractivity contribution in [2.24, 2.45) is 0 Å². The second-order valence-corrected chi connectivity index (χ2v) is 6.40. The fourth-order valence-corrected chi connectivity index (χ4v) is 3.26. The summed E-state index contributed by atoms with van der Waals surface area (Å²) in [5, 5.41) is 0.687. The van der Waals surface area contributed by atoms with Gasteiger partial charge in [-0.1, -0.05) is 29.8 Å². The zero-order chi connectivity index (χ0) is 16.9. The molecule has 1 aromatic carbocycles. The molecule has 1 amide bonds. The molecule has 0 spiro atoms. The summed E-state index contributed by atoms with van der Waals surface area (Å²) in [7, 11) is 0. The molecular formula is C18H22ClN3O2. The molecule has 24 heavy (non-hydrogen) atoms. The molecule has 1 aromatic heterocycles. The quantitative estimate of drug-likeness (QED) is 0.834. The van der Waals surface area contributed by atoms with Gasteiger partial charge in [-0.05, 0) is 19.4 Å². The average Bonchev–Trinajstić information content (AvgIpc) is 3.00. The van der Waals surface area contributed by atoms with E-state index in [-0.39, 0.29) is 12.0 Å². The van der Waals surface area contributed by atoms with E-state index in [1.54, 1.807) is 6.20 Å². The van der Waals surface area contributed by atoms with Crippen LogP contribution in [0.4, 0.5) is 0 Å². The molecule has 0 bridgehead atoms. The van der Waals surface area contributed by atoms with E-state index in [0.717, 1.165) is 24.4 Å². The van der Waals surface area contributed by atoms with Gasteiger partial charge in [-0.2, -0.15) is 0 Å². The Morgan fingerprint density at radius 1 is 1.42 bits per heavy atom. The minimum atomic E-state index is -0.146. The van der Waals surface area contributed by atoms with E-state index in [2.05, 4.69) is 9.55 Å². The molecule has 128 valence electrons. The fourth-order valence-electron chi connectivity index (χ4n) is 3.00. The van der Waals surface area contributed by atoms with Crippen LogP contribution in [-0.2, 0) is 16.1 Å². The number of amides is 1. The third kappa shape index (κ3) is 3.97. The monoisotopic (exact) mass is 347 g/mol. The number of halogens is 1. The molecule has 2 aromatic rings. The summed E-state index contributed by atoms with van der Waals surface area (Å²) >= 11 is 6.25. The number of hydrogen-bond donors (Lipinski definition) is 0. The predicted molar refractivity (Wildman–Crippen MR) is 92.9 cm³/mol. The highest BCUT2D eigenvalue weighted by Gasteiger charge is 2.26. The third-order valence-corrected chi connectivity index (χ3v) is 4.73. The van der Waals surface area contributed by atoms with Gasteiger partial charge in [0.25, 0.3) is 0 Å². The van der Waals surface area contributed by atoms with Crippen molar-refractivity contribution >= 4 is 17.5 Å². The van der Waals surface area contributed by atoms with E-state index in [1.807, 2.05) is 42.3 Å². The van der Waals surface area contributed by atoms with Crippen LogP contribution < -0.4 is 0 Å². The van der Waals surface area contributed by atoms with Crippen LogP contribution in [0.25, 0.3) is 0 Å². The summed E-state index contributed by atoms with van der Waals surface area (Å²) in [4.78, 5) is 18.6. The van der Waals surface area contributed by atoms with E-state index in [9.17, 15) is 4.79 Å². The van der Waals surface area contributed by atoms with Crippen molar-refractivity contribution in [1.29, 1.82) is 0 Å². The Morgan fingerprint density at radius 3 is 3.00 bits per heavy atom. The van der Waals surface area contributed by atoms with Crippen molar-refractivity contribution in [3.63, 3.8) is 0 Å². The molecule has 1 aliphatic rings. The molecule has 1 atom stereocenters. The normalized spacial score (nSPS) is 17.9. The summed E-state index contributed by atoms with van der Waals surface area (Å²) in [5.74, 6) is 1.15. The van der Waals surface area contributed by atoms with Crippen LogP contribution in [-0.4, -0.2) is 40.1 Å². The lowest BCUT2D eigenvalue weighted by Gasteiger charge is -2.33. The Hall–Kier alpha value is -1.85. The molecule has 5 nitrogen and oxygen atoms in total. The fraction of sp³-hybridized carbons (Fsp3) is 0.444. The number of ether oxygens (including phenoxy) is 1. The molecule has 3 rings (SSSR count). The maximum absolute atomic E-state index is 12.5. The topological polar surface area (TPSA) is 47.4 Å². The summed E-state index contributed by atoms with van der Waals surface area (Å²) in [5.41, 5.74) is 0.950. The van der Waals surface area contributed by atoms with Crippen LogP contribution in [0.1, 0.15) is 30.3 Å². The van der Waals surface area contributed by atoms with Crippen LogP contribution in [0.15, 0.2) is 36.7 Å². The lowest BCUT2D eigenvalue weighted by molar-refractivity contribution is -0.139. The third-order valence-electron chi connectivity index (χ3n) is 4.38. The number of rotatable bonds is 5. The van der Waals surface area contributed by atoms with Crippen LogP contribution in [0.2, 0.25) is 5.02 Å². The number of aromatic nitrogens is 2. The Balaban J connectivity index is 1.53. The Kier molecular flexibility index (Phi) is 5.53. The van der Waals surface area contributed by atoms with Crippen LogP contribution in [0, 0.1) is 6.92 Å². The number of benzene rings is 1. The standard InChI is InChI=1S/C18H22ClN3O2/c1-14-20-8-10-21(14)9-4-7-18(23)22-11-12-24-17(13-22)15-5-2-3-6-16(15)19/h2-3,5-6,8,10,17H,4,7,9,11-13H2,1H3. The van der Waals surface area contributed by atoms with Crippen molar-refractivity contribution < 1.29 is 9.53 Å². The van der Waals surface area contributed by atoms with Crippen molar-refractivity contribution in [2.45, 2.75) is 32.4 Å². The first-order chi connectivity index (χ1) is 11.6. The van der Waals surface area contributed by atoms with E-state index >= 15 is 0 Å². The number of morpholine rings is 1. The summed E-state index contributed by atoms with van der Waals surface area (Å²) in [6.45, 7) is 4.53. The zero-order valence-electron chi connectivity index (χ0n) is 13.8. The number of carbonyl (C=O) groups is 1. The molecule has 6 heteroatoms. The molecule has 0 saturated carbocycles. The van der Waals surface area contributed by atoms with E-state index in [1.165, 1.54) is 0 Å². The van der Waals surface area contributed by atoms with E-state index < -0.39 is 0 Å². The molecule has 0 N–H and O–H groups in total. The summed E-state index contributed by atoms with van der Waals surface area (Å²) in [6.07, 6.45) is 4.93. The van der Waals surface area contributed by atoms with Crippen molar-refractivity contribution in [1.82, 2.24) is 14.5 Å². The Morgan fingerprint density at radius 2 is 2.25 bits per heavy atom. The van der Waals surface area contributed by atoms with Gasteiger partial charge in [0.1, 0.15) is 11.9 Å². The molecule has 0 aliphatic carbocycles. The molecule has 0 radical (unpaired) electrons. The van der Waals surface area contributed by atoms with Gasteiger partial charge in [0.2, 0.25) is 5.91 Å². The Labute approximate surface area is 147 Å². The van der Waals surface area contributed by atoms with Crippen molar-refractivity contribution in [3.8, 4) is 0 Å². The van der Waals surface area contributed by atoms with Crippen molar-refractivity contribution in [2.75, 3.05) is 19.7 Å². The number of hydrogen-bond acceptors (Lipinski definition) is 3. The SMILES string of the molecule is Cc1nccn1CCCC(=O)N1CCOC(c2ccccc2Cl)C1. The van der Waals surface area contributed by atoms with Gasteiger partial charge in [-0.15, -0.1) is 0 Å². The Bertz CT molecular complexity index is 701. The molecule has 2 heterocycles. The van der Waals surface area contributed by atoms with Crippen LogP contribution in [0.3, 0.4) is 0 Å². The van der Waals surface area contributed by atoms with Gasteiger partial charge >= 0.3 is 0 Å². The van der Waals surface area contributed by atoms with Crippen LogP contribution >= 0.6 is 11.6 Å². The van der Waals surface area contributed by atoms with Crippen LogP contribution in [0.5, 0.6) is 0 Å². The number of nitrogens with zero attached hydrogens (tertiary/aromatic N) is 3.